The van der Waals surface area contributed by atoms with E-state index in [-0.39, 0.29) is 24.4 Å². The van der Waals surface area contributed by atoms with E-state index >= 15 is 0 Å². The van der Waals surface area contributed by atoms with Crippen molar-refractivity contribution in [3.63, 3.8) is 0 Å². The van der Waals surface area contributed by atoms with Gasteiger partial charge in [-0.2, -0.15) is 0 Å². The van der Waals surface area contributed by atoms with Gasteiger partial charge in [0.1, 0.15) is 0 Å². The van der Waals surface area contributed by atoms with Crippen molar-refractivity contribution in [3.8, 4) is 0 Å². The normalized spacial score (nSPS) is 28.0. The Labute approximate surface area is 189 Å². The molecular weight excluding hydrogens is 419 g/mol. The van der Waals surface area contributed by atoms with Crippen molar-refractivity contribution in [2.45, 2.75) is 88.6 Å². The van der Waals surface area contributed by atoms with Crippen molar-refractivity contribution in [1.29, 1.82) is 0 Å². The van der Waals surface area contributed by atoms with Crippen LogP contribution in [0.25, 0.3) is 0 Å². The molecule has 180 valence electrons. The number of methoxy groups -OCH3 is 1. The molecule has 7 nitrogen and oxygen atoms in total. The summed E-state index contributed by atoms with van der Waals surface area (Å²) in [6.07, 6.45) is 12.5. The first kappa shape index (κ1) is 26.7. The van der Waals surface area contributed by atoms with Gasteiger partial charge in [0.15, 0.2) is 5.79 Å². The number of carboxylic acid groups (broad SMARTS) is 1. The van der Waals surface area contributed by atoms with E-state index in [0.717, 1.165) is 58.0 Å². The first-order chi connectivity index (χ1) is 15.0. The molecule has 1 aliphatic heterocycles. The van der Waals surface area contributed by atoms with Crippen LogP contribution in [0.5, 0.6) is 0 Å². The molecule has 0 aromatic carbocycles. The fraction of sp³-hybridized carbons (Fsp3) is 0.870. The summed E-state index contributed by atoms with van der Waals surface area (Å²) >= 11 is 0. The van der Waals surface area contributed by atoms with E-state index < -0.39 is 17.9 Å². The Bertz CT molecular complexity index is 536. The SMILES string of the molecule is COCCCCCC1(CCC2C(OP)CC(O)C2C/C=C/CCCC(=O)O)OCCO1. The van der Waals surface area contributed by atoms with Crippen molar-refractivity contribution in [3.05, 3.63) is 12.2 Å². The van der Waals surface area contributed by atoms with E-state index in [9.17, 15) is 9.90 Å². The van der Waals surface area contributed by atoms with E-state index in [1.165, 1.54) is 0 Å². The van der Waals surface area contributed by atoms with Gasteiger partial charge in [-0.15, -0.1) is 0 Å². The van der Waals surface area contributed by atoms with Crippen molar-refractivity contribution in [2.75, 3.05) is 26.9 Å². The van der Waals surface area contributed by atoms with Crippen LogP contribution in [0.2, 0.25) is 0 Å². The third-order valence-corrected chi connectivity index (χ3v) is 6.93. The third-order valence-electron chi connectivity index (χ3n) is 6.58. The van der Waals surface area contributed by atoms with E-state index in [1.54, 1.807) is 7.11 Å². The summed E-state index contributed by atoms with van der Waals surface area (Å²) in [6.45, 7) is 2.06. The molecule has 0 bridgehead atoms. The molecule has 0 spiro atoms. The maximum atomic E-state index is 10.6. The molecule has 0 aromatic rings. The number of ether oxygens (including phenoxy) is 3. The molecule has 1 heterocycles. The standard InChI is InChI=1S/C23H41O7P/c1-27-14-8-4-7-12-23(28-15-16-29-23)13-11-19-18(20(24)17-21(19)30-31)9-5-2-3-6-10-22(25)26/h2,5,18-21,24H,3-4,6-17,31H2,1H3,(H,25,26)/b5-2+. The van der Waals surface area contributed by atoms with E-state index in [1.807, 2.05) is 6.08 Å². The van der Waals surface area contributed by atoms with E-state index in [0.29, 0.717) is 26.1 Å². The van der Waals surface area contributed by atoms with Gasteiger partial charge >= 0.3 is 5.97 Å². The van der Waals surface area contributed by atoms with Crippen LogP contribution in [0.1, 0.15) is 70.6 Å². The second-order valence-corrected chi connectivity index (χ2v) is 9.02. The van der Waals surface area contributed by atoms with Gasteiger partial charge in [0.2, 0.25) is 0 Å². The molecular formula is C23H41O7P. The molecule has 2 aliphatic rings. The Morgan fingerprint density at radius 1 is 1.13 bits per heavy atom. The van der Waals surface area contributed by atoms with Gasteiger partial charge in [-0.25, -0.2) is 0 Å². The number of carboxylic acids is 1. The Morgan fingerprint density at radius 3 is 2.58 bits per heavy atom. The molecule has 1 saturated heterocycles. The highest BCUT2D eigenvalue weighted by molar-refractivity contribution is 7.09. The number of allylic oxidation sites excluding steroid dienone is 2. The quantitative estimate of drug-likeness (QED) is 0.204. The van der Waals surface area contributed by atoms with Crippen molar-refractivity contribution < 1.29 is 33.7 Å². The van der Waals surface area contributed by atoms with E-state index in [2.05, 4.69) is 15.5 Å². The fourth-order valence-corrected chi connectivity index (χ4v) is 5.21. The monoisotopic (exact) mass is 460 g/mol. The summed E-state index contributed by atoms with van der Waals surface area (Å²) < 4.78 is 22.9. The van der Waals surface area contributed by atoms with Crippen LogP contribution >= 0.6 is 9.47 Å². The molecule has 0 radical (unpaired) electrons. The van der Waals surface area contributed by atoms with Crippen LogP contribution < -0.4 is 0 Å². The summed E-state index contributed by atoms with van der Waals surface area (Å²) in [4.78, 5) is 10.6. The molecule has 31 heavy (non-hydrogen) atoms. The maximum Gasteiger partial charge on any atom is 0.303 e. The van der Waals surface area contributed by atoms with Gasteiger partial charge in [0.25, 0.3) is 0 Å². The smallest absolute Gasteiger partial charge is 0.303 e. The number of aliphatic carboxylic acids is 1. The molecule has 1 saturated carbocycles. The second-order valence-electron chi connectivity index (χ2n) is 8.75. The van der Waals surface area contributed by atoms with Gasteiger partial charge in [0, 0.05) is 48.9 Å². The molecule has 8 heteroatoms. The predicted octanol–water partition coefficient (Wildman–Crippen LogP) is 4.09. The zero-order valence-corrected chi connectivity index (χ0v) is 20.0. The molecule has 0 amide bonds. The maximum absolute atomic E-state index is 10.6. The van der Waals surface area contributed by atoms with Gasteiger partial charge in [-0.05, 0) is 50.4 Å². The van der Waals surface area contributed by atoms with Gasteiger partial charge < -0.3 is 28.9 Å². The number of rotatable bonds is 16. The topological polar surface area (TPSA) is 94.5 Å². The van der Waals surface area contributed by atoms with E-state index in [4.69, 9.17) is 23.8 Å². The lowest BCUT2D eigenvalue weighted by Crippen LogP contribution is -2.33. The van der Waals surface area contributed by atoms with Gasteiger partial charge in [-0.3, -0.25) is 4.79 Å². The highest BCUT2D eigenvalue weighted by Gasteiger charge is 2.44. The summed E-state index contributed by atoms with van der Waals surface area (Å²) in [5, 5.41) is 19.4. The number of aliphatic hydroxyl groups excluding tert-OH is 1. The Kier molecular flexibility index (Phi) is 12.5. The van der Waals surface area contributed by atoms with Crippen LogP contribution in [-0.4, -0.2) is 61.1 Å². The Morgan fingerprint density at radius 2 is 1.90 bits per heavy atom. The lowest BCUT2D eigenvalue weighted by molar-refractivity contribution is -0.171. The van der Waals surface area contributed by atoms with Crippen LogP contribution in [0.15, 0.2) is 12.2 Å². The minimum absolute atomic E-state index is 0.00515. The number of aliphatic hydroxyl groups is 1. The van der Waals surface area contributed by atoms with Crippen molar-refractivity contribution in [2.24, 2.45) is 11.8 Å². The van der Waals surface area contributed by atoms with Crippen LogP contribution in [0, 0.1) is 11.8 Å². The fourth-order valence-electron chi connectivity index (χ4n) is 4.89. The Hall–Kier alpha value is -0.560. The van der Waals surface area contributed by atoms with Gasteiger partial charge in [-0.1, -0.05) is 18.6 Å². The minimum Gasteiger partial charge on any atom is -0.481 e. The molecule has 2 fully saturated rings. The third kappa shape index (κ3) is 9.07. The number of carbonyl (C=O) groups is 1. The summed E-state index contributed by atoms with van der Waals surface area (Å²) in [6, 6.07) is 0. The van der Waals surface area contributed by atoms with Crippen LogP contribution in [-0.2, 0) is 23.5 Å². The molecule has 2 N–H and O–H groups in total. The summed E-state index contributed by atoms with van der Waals surface area (Å²) in [7, 11) is 4.09. The molecule has 2 rings (SSSR count). The number of hydrogen-bond acceptors (Lipinski definition) is 6. The first-order valence-electron chi connectivity index (χ1n) is 11.7. The van der Waals surface area contributed by atoms with Crippen molar-refractivity contribution in [1.82, 2.24) is 0 Å². The van der Waals surface area contributed by atoms with Gasteiger partial charge in [0.05, 0.1) is 25.4 Å². The zero-order valence-electron chi connectivity index (χ0n) is 18.9. The lowest BCUT2D eigenvalue weighted by Gasteiger charge is -2.31. The lowest BCUT2D eigenvalue weighted by atomic mass is 9.85. The molecule has 5 unspecified atom stereocenters. The first-order valence-corrected chi connectivity index (χ1v) is 12.2. The van der Waals surface area contributed by atoms with Crippen LogP contribution in [0.4, 0.5) is 0 Å². The average molecular weight is 461 g/mol. The largest absolute Gasteiger partial charge is 0.481 e. The molecule has 1 aliphatic carbocycles. The zero-order chi connectivity index (χ0) is 22.5. The molecule has 0 aromatic heterocycles. The minimum atomic E-state index is -0.760. The number of unbranched alkanes of at least 4 members (excludes halogenated alkanes) is 3. The number of hydrogen-bond donors (Lipinski definition) is 2. The second kappa shape index (κ2) is 14.6. The highest BCUT2D eigenvalue weighted by Crippen LogP contribution is 2.43. The van der Waals surface area contributed by atoms with Crippen LogP contribution in [0.3, 0.4) is 0 Å². The predicted molar refractivity (Wildman–Crippen MR) is 122 cm³/mol. The average Bonchev–Trinajstić information content (AvgIpc) is 3.33. The summed E-state index contributed by atoms with van der Waals surface area (Å²) in [5.74, 6) is -0.914. The highest BCUT2D eigenvalue weighted by atomic mass is 31.0. The summed E-state index contributed by atoms with van der Waals surface area (Å²) in [5.41, 5.74) is 0. The molecule has 5 atom stereocenters. The Balaban J connectivity index is 1.87. The van der Waals surface area contributed by atoms with Crippen molar-refractivity contribution >= 4 is 15.4 Å².